The molecule has 0 heterocycles. The SMILES string of the molecule is COC(=O)NCC(=O)O[C@@H]1C[C@H]2CC[C@H]1C2. The lowest BCUT2D eigenvalue weighted by molar-refractivity contribution is -0.150. The first kappa shape index (κ1) is 11.2. The first-order valence-electron chi connectivity index (χ1n) is 5.70. The Morgan fingerprint density at radius 3 is 2.69 bits per heavy atom. The third-order valence-electron chi connectivity index (χ3n) is 3.52. The average molecular weight is 227 g/mol. The highest BCUT2D eigenvalue weighted by Crippen LogP contribution is 2.45. The van der Waals surface area contributed by atoms with E-state index in [1.807, 2.05) is 0 Å². The number of alkyl carbamates (subject to hydrolysis) is 1. The summed E-state index contributed by atoms with van der Waals surface area (Å²) in [6, 6.07) is 0. The largest absolute Gasteiger partial charge is 0.461 e. The van der Waals surface area contributed by atoms with Crippen molar-refractivity contribution in [3.8, 4) is 0 Å². The highest BCUT2D eigenvalue weighted by Gasteiger charge is 2.41. The molecule has 2 saturated carbocycles. The van der Waals surface area contributed by atoms with Gasteiger partial charge in [0.1, 0.15) is 12.6 Å². The Bertz CT molecular complexity index is 292. The smallest absolute Gasteiger partial charge is 0.407 e. The molecule has 2 aliphatic rings. The van der Waals surface area contributed by atoms with Gasteiger partial charge in [-0.1, -0.05) is 0 Å². The van der Waals surface area contributed by atoms with Gasteiger partial charge in [0.25, 0.3) is 0 Å². The fourth-order valence-corrected chi connectivity index (χ4v) is 2.76. The molecule has 0 aromatic heterocycles. The van der Waals surface area contributed by atoms with Crippen LogP contribution in [0.25, 0.3) is 0 Å². The average Bonchev–Trinajstić information content (AvgIpc) is 2.87. The van der Waals surface area contributed by atoms with Crippen LogP contribution in [0.5, 0.6) is 0 Å². The van der Waals surface area contributed by atoms with Gasteiger partial charge in [-0.2, -0.15) is 0 Å². The molecule has 0 aliphatic heterocycles. The van der Waals surface area contributed by atoms with Crippen LogP contribution in [0, 0.1) is 11.8 Å². The molecule has 0 unspecified atom stereocenters. The zero-order chi connectivity index (χ0) is 11.5. The Kier molecular flexibility index (Phi) is 3.31. The predicted molar refractivity (Wildman–Crippen MR) is 55.7 cm³/mol. The lowest BCUT2D eigenvalue weighted by Gasteiger charge is -2.21. The molecule has 2 rings (SSSR count). The van der Waals surface area contributed by atoms with Crippen LogP contribution < -0.4 is 5.32 Å². The predicted octanol–water partition coefficient (Wildman–Crippen LogP) is 1.07. The second-order valence-electron chi connectivity index (χ2n) is 4.55. The molecule has 2 fully saturated rings. The van der Waals surface area contributed by atoms with Crippen LogP contribution in [0.15, 0.2) is 0 Å². The van der Waals surface area contributed by atoms with Gasteiger partial charge < -0.3 is 14.8 Å². The highest BCUT2D eigenvalue weighted by atomic mass is 16.6. The zero-order valence-corrected chi connectivity index (χ0v) is 9.40. The minimum Gasteiger partial charge on any atom is -0.461 e. The Morgan fingerprint density at radius 2 is 2.12 bits per heavy atom. The molecule has 0 saturated heterocycles. The minimum absolute atomic E-state index is 0.0747. The van der Waals surface area contributed by atoms with Crippen LogP contribution in [0.4, 0.5) is 4.79 Å². The third kappa shape index (κ3) is 2.46. The van der Waals surface area contributed by atoms with Crippen LogP contribution in [0.3, 0.4) is 0 Å². The maximum absolute atomic E-state index is 11.4. The summed E-state index contributed by atoms with van der Waals surface area (Å²) in [5.74, 6) is 0.923. The number of carbonyl (C=O) groups excluding carboxylic acids is 2. The number of fused-ring (bicyclic) bond motifs is 2. The van der Waals surface area contributed by atoms with Crippen LogP contribution in [0.2, 0.25) is 0 Å². The number of methoxy groups -OCH3 is 1. The Morgan fingerprint density at radius 1 is 1.31 bits per heavy atom. The summed E-state index contributed by atoms with van der Waals surface area (Å²) in [4.78, 5) is 22.1. The van der Waals surface area contributed by atoms with Gasteiger partial charge in [-0.3, -0.25) is 4.79 Å². The van der Waals surface area contributed by atoms with Crippen molar-refractivity contribution in [3.63, 3.8) is 0 Å². The van der Waals surface area contributed by atoms with E-state index in [-0.39, 0.29) is 18.6 Å². The molecule has 0 aromatic rings. The quantitative estimate of drug-likeness (QED) is 0.732. The molecule has 0 spiro atoms. The van der Waals surface area contributed by atoms with Crippen molar-refractivity contribution < 1.29 is 19.1 Å². The Balaban J connectivity index is 1.69. The molecule has 16 heavy (non-hydrogen) atoms. The summed E-state index contributed by atoms with van der Waals surface area (Å²) < 4.78 is 9.69. The monoisotopic (exact) mass is 227 g/mol. The molecular formula is C11H17NO4. The molecule has 0 aromatic carbocycles. The first-order chi connectivity index (χ1) is 7.69. The van der Waals surface area contributed by atoms with Gasteiger partial charge in [0.15, 0.2) is 0 Å². The van der Waals surface area contributed by atoms with Gasteiger partial charge in [-0.25, -0.2) is 4.79 Å². The number of ether oxygens (including phenoxy) is 2. The van der Waals surface area contributed by atoms with Crippen molar-refractivity contribution in [1.29, 1.82) is 0 Å². The number of esters is 1. The lowest BCUT2D eigenvalue weighted by Crippen LogP contribution is -2.33. The molecule has 5 nitrogen and oxygen atoms in total. The van der Waals surface area contributed by atoms with E-state index in [0.29, 0.717) is 5.92 Å². The summed E-state index contributed by atoms with van der Waals surface area (Å²) >= 11 is 0. The summed E-state index contributed by atoms with van der Waals surface area (Å²) in [6.45, 7) is -0.111. The summed E-state index contributed by atoms with van der Waals surface area (Å²) in [5, 5.41) is 2.31. The highest BCUT2D eigenvalue weighted by molar-refractivity contribution is 5.77. The molecule has 3 atom stereocenters. The maximum Gasteiger partial charge on any atom is 0.407 e. The summed E-state index contributed by atoms with van der Waals surface area (Å²) in [6.07, 6.45) is 4.11. The molecule has 1 N–H and O–H groups in total. The van der Waals surface area contributed by atoms with E-state index < -0.39 is 6.09 Å². The third-order valence-corrected chi connectivity index (χ3v) is 3.52. The van der Waals surface area contributed by atoms with E-state index in [2.05, 4.69) is 10.1 Å². The van der Waals surface area contributed by atoms with Gasteiger partial charge in [-0.05, 0) is 37.5 Å². The Hall–Kier alpha value is -1.26. The fraction of sp³-hybridized carbons (Fsp3) is 0.818. The van der Waals surface area contributed by atoms with Gasteiger partial charge in [-0.15, -0.1) is 0 Å². The molecular weight excluding hydrogens is 210 g/mol. The number of hydrogen-bond donors (Lipinski definition) is 1. The van der Waals surface area contributed by atoms with Crippen molar-refractivity contribution in [2.45, 2.75) is 31.8 Å². The number of nitrogens with one attached hydrogen (secondary N) is 1. The van der Waals surface area contributed by atoms with Crippen LogP contribution in [0.1, 0.15) is 25.7 Å². The summed E-state index contributed by atoms with van der Waals surface area (Å²) in [7, 11) is 1.26. The van der Waals surface area contributed by atoms with Gasteiger partial charge in [0.05, 0.1) is 7.11 Å². The van der Waals surface area contributed by atoms with Crippen LogP contribution in [-0.2, 0) is 14.3 Å². The zero-order valence-electron chi connectivity index (χ0n) is 9.40. The number of carbonyl (C=O) groups is 2. The summed E-state index contributed by atoms with van der Waals surface area (Å²) in [5.41, 5.74) is 0. The lowest BCUT2D eigenvalue weighted by atomic mass is 9.98. The number of amides is 1. The minimum atomic E-state index is -0.607. The van der Waals surface area contributed by atoms with Crippen LogP contribution in [-0.4, -0.2) is 31.8 Å². The molecule has 2 bridgehead atoms. The van der Waals surface area contributed by atoms with Gasteiger partial charge in [0.2, 0.25) is 0 Å². The van der Waals surface area contributed by atoms with Crippen molar-refractivity contribution in [2.75, 3.05) is 13.7 Å². The van der Waals surface area contributed by atoms with Crippen molar-refractivity contribution >= 4 is 12.1 Å². The van der Waals surface area contributed by atoms with Crippen molar-refractivity contribution in [2.24, 2.45) is 11.8 Å². The van der Waals surface area contributed by atoms with E-state index >= 15 is 0 Å². The number of rotatable bonds is 3. The molecule has 5 heteroatoms. The van der Waals surface area contributed by atoms with E-state index in [0.717, 1.165) is 12.3 Å². The van der Waals surface area contributed by atoms with E-state index in [1.54, 1.807) is 0 Å². The normalized spacial score (nSPS) is 31.2. The van der Waals surface area contributed by atoms with Gasteiger partial charge >= 0.3 is 12.1 Å². The van der Waals surface area contributed by atoms with Crippen molar-refractivity contribution in [1.82, 2.24) is 5.32 Å². The molecule has 2 aliphatic carbocycles. The second-order valence-corrected chi connectivity index (χ2v) is 4.55. The molecule has 0 radical (unpaired) electrons. The maximum atomic E-state index is 11.4. The standard InChI is InChI=1S/C11H17NO4/c1-15-11(14)12-6-10(13)16-9-5-7-2-3-8(9)4-7/h7-9H,2-6H2,1H3,(H,12,14)/t7-,8-,9+/m0/s1. The molecule has 1 amide bonds. The topological polar surface area (TPSA) is 64.6 Å². The van der Waals surface area contributed by atoms with E-state index in [4.69, 9.17) is 4.74 Å². The number of hydrogen-bond acceptors (Lipinski definition) is 4. The fourth-order valence-electron chi connectivity index (χ4n) is 2.76. The van der Waals surface area contributed by atoms with E-state index in [1.165, 1.54) is 26.4 Å². The van der Waals surface area contributed by atoms with Crippen molar-refractivity contribution in [3.05, 3.63) is 0 Å². The second kappa shape index (κ2) is 4.72. The Labute approximate surface area is 94.5 Å². The molecule has 90 valence electrons. The first-order valence-corrected chi connectivity index (χ1v) is 5.70. The van der Waals surface area contributed by atoms with Crippen LogP contribution >= 0.6 is 0 Å². The van der Waals surface area contributed by atoms with Gasteiger partial charge in [0, 0.05) is 0 Å². The van der Waals surface area contributed by atoms with E-state index in [9.17, 15) is 9.59 Å².